The van der Waals surface area contributed by atoms with Crippen LogP contribution in [0.4, 0.5) is 4.79 Å². The Morgan fingerprint density at radius 3 is 3.00 bits per heavy atom. The number of thiocarbonyl (C=S) groups is 1. The minimum Gasteiger partial charge on any atom is -0.453 e. The van der Waals surface area contributed by atoms with Crippen LogP contribution in [0.15, 0.2) is 15.7 Å². The highest BCUT2D eigenvalue weighted by Crippen LogP contribution is 2.26. The summed E-state index contributed by atoms with van der Waals surface area (Å²) < 4.78 is 5.54. The number of alkyl carbamates (subject to hydrolysis) is 1. The molecule has 0 aromatic carbocycles. The highest BCUT2D eigenvalue weighted by molar-refractivity contribution is 8.00. The van der Waals surface area contributed by atoms with E-state index in [0.29, 0.717) is 4.99 Å². The van der Waals surface area contributed by atoms with Crippen molar-refractivity contribution in [3.8, 4) is 0 Å². The van der Waals surface area contributed by atoms with Crippen molar-refractivity contribution >= 4 is 46.4 Å². The Hall–Kier alpha value is -0.590. The molecule has 1 heterocycles. The number of thioether (sulfide) groups is 1. The molecule has 14 heavy (non-hydrogen) atoms. The second-order valence-corrected chi connectivity index (χ2v) is 4.67. The second-order valence-electron chi connectivity index (χ2n) is 2.27. The van der Waals surface area contributed by atoms with Gasteiger partial charge < -0.3 is 4.74 Å². The molecule has 0 aliphatic carbocycles. The first kappa shape index (κ1) is 11.5. The fraction of sp³-hybridized carbons (Fsp3) is 0.250. The summed E-state index contributed by atoms with van der Waals surface area (Å²) in [5.41, 5.74) is 0.878. The Kier molecular flexibility index (Phi) is 4.37. The summed E-state index contributed by atoms with van der Waals surface area (Å²) in [6.07, 6.45) is 1.43. The lowest BCUT2D eigenvalue weighted by Gasteiger charge is -2.04. The Morgan fingerprint density at radius 2 is 2.43 bits per heavy atom. The molecule has 0 aliphatic heterocycles. The smallest absolute Gasteiger partial charge is 0.412 e. The summed E-state index contributed by atoms with van der Waals surface area (Å²) in [5, 5.41) is 4.41. The summed E-state index contributed by atoms with van der Waals surface area (Å²) in [4.78, 5) is 11.3. The van der Waals surface area contributed by atoms with Crippen LogP contribution in [0.5, 0.6) is 0 Å². The third-order valence-corrected chi connectivity index (χ3v) is 3.87. The van der Waals surface area contributed by atoms with E-state index in [-0.39, 0.29) is 0 Å². The van der Waals surface area contributed by atoms with Crippen LogP contribution < -0.4 is 5.32 Å². The highest BCUT2D eigenvalue weighted by Gasteiger charge is 2.11. The lowest BCUT2D eigenvalue weighted by molar-refractivity contribution is 0.177. The third kappa shape index (κ3) is 2.70. The van der Waals surface area contributed by atoms with Gasteiger partial charge in [0.05, 0.1) is 11.3 Å². The molecule has 0 fully saturated rings. The lowest BCUT2D eigenvalue weighted by atomic mass is 10.3. The zero-order chi connectivity index (χ0) is 10.6. The molecular formula is C8H9NO2S3. The molecule has 0 unspecified atom stereocenters. The quantitative estimate of drug-likeness (QED) is 0.644. The normalized spacial score (nSPS) is 9.57. The molecule has 1 aromatic heterocycles. The van der Waals surface area contributed by atoms with Gasteiger partial charge in [0.15, 0.2) is 0 Å². The highest BCUT2D eigenvalue weighted by atomic mass is 32.2. The lowest BCUT2D eigenvalue weighted by Crippen LogP contribution is -2.29. The van der Waals surface area contributed by atoms with E-state index in [1.165, 1.54) is 7.11 Å². The second kappa shape index (κ2) is 5.33. The Morgan fingerprint density at radius 1 is 1.71 bits per heavy atom. The first-order valence-electron chi connectivity index (χ1n) is 3.69. The van der Waals surface area contributed by atoms with E-state index in [1.807, 2.05) is 17.7 Å². The molecule has 0 bridgehead atoms. The van der Waals surface area contributed by atoms with Crippen LogP contribution in [0, 0.1) is 0 Å². The van der Waals surface area contributed by atoms with Gasteiger partial charge in [-0.15, -0.1) is 23.1 Å². The molecule has 3 nitrogen and oxygen atoms in total. The van der Waals surface area contributed by atoms with E-state index in [9.17, 15) is 4.79 Å². The number of rotatable bonds is 2. The number of nitrogens with one attached hydrogen (secondary N) is 1. The van der Waals surface area contributed by atoms with Crippen LogP contribution in [0.2, 0.25) is 0 Å². The summed E-state index contributed by atoms with van der Waals surface area (Å²) in [5.74, 6) is 0. The molecule has 0 saturated heterocycles. The summed E-state index contributed by atoms with van der Waals surface area (Å²) in [6.45, 7) is 0. The maximum Gasteiger partial charge on any atom is 0.412 e. The number of thiophene rings is 1. The van der Waals surface area contributed by atoms with Gasteiger partial charge in [-0.25, -0.2) is 4.79 Å². The first-order chi connectivity index (χ1) is 6.69. The van der Waals surface area contributed by atoms with Crippen molar-refractivity contribution in [1.29, 1.82) is 0 Å². The summed E-state index contributed by atoms with van der Waals surface area (Å²) >= 11 is 8.25. The van der Waals surface area contributed by atoms with E-state index in [2.05, 4.69) is 10.1 Å². The molecule has 0 saturated carbocycles. The average molecular weight is 247 g/mol. The van der Waals surface area contributed by atoms with E-state index in [1.54, 1.807) is 23.1 Å². The number of amides is 1. The Labute approximate surface area is 95.8 Å². The zero-order valence-electron chi connectivity index (χ0n) is 7.70. The average Bonchev–Trinajstić information content (AvgIpc) is 2.65. The predicted molar refractivity (Wildman–Crippen MR) is 63.3 cm³/mol. The first-order valence-corrected chi connectivity index (χ1v) is 6.21. The van der Waals surface area contributed by atoms with Crippen LogP contribution in [0.1, 0.15) is 5.56 Å². The largest absolute Gasteiger partial charge is 0.453 e. The number of hydrogen-bond donors (Lipinski definition) is 1. The van der Waals surface area contributed by atoms with Gasteiger partial charge in [0.25, 0.3) is 0 Å². The minimum atomic E-state index is -0.534. The van der Waals surface area contributed by atoms with Gasteiger partial charge in [-0.05, 0) is 17.7 Å². The standard InChI is InChI=1S/C8H9NO2S3/c1-11-8(10)9-6(12)5-3-4-14-7(5)13-2/h3-4H,1-2H3,(H,9,10,12). The molecular weight excluding hydrogens is 238 g/mol. The van der Waals surface area contributed by atoms with Crippen molar-refractivity contribution < 1.29 is 9.53 Å². The van der Waals surface area contributed by atoms with Gasteiger partial charge in [-0.2, -0.15) is 0 Å². The maximum atomic E-state index is 10.9. The Balaban J connectivity index is 2.74. The van der Waals surface area contributed by atoms with Crippen molar-refractivity contribution in [2.75, 3.05) is 13.4 Å². The van der Waals surface area contributed by atoms with Crippen molar-refractivity contribution in [2.45, 2.75) is 4.21 Å². The molecule has 0 radical (unpaired) electrons. The molecule has 1 amide bonds. The number of methoxy groups -OCH3 is 1. The molecule has 0 spiro atoms. The van der Waals surface area contributed by atoms with Crippen LogP contribution in [-0.2, 0) is 4.74 Å². The fourth-order valence-corrected chi connectivity index (χ4v) is 2.78. The molecule has 0 atom stereocenters. The van der Waals surface area contributed by atoms with E-state index in [0.717, 1.165) is 9.77 Å². The van der Waals surface area contributed by atoms with Gasteiger partial charge in [-0.3, -0.25) is 5.32 Å². The molecule has 0 aliphatic rings. The molecule has 1 N–H and O–H groups in total. The van der Waals surface area contributed by atoms with Crippen molar-refractivity contribution in [2.24, 2.45) is 0 Å². The summed E-state index contributed by atoms with van der Waals surface area (Å²) in [6, 6.07) is 1.88. The number of carbonyl (C=O) groups is 1. The topological polar surface area (TPSA) is 38.3 Å². The third-order valence-electron chi connectivity index (χ3n) is 1.46. The van der Waals surface area contributed by atoms with Crippen molar-refractivity contribution in [1.82, 2.24) is 5.32 Å². The molecule has 6 heteroatoms. The van der Waals surface area contributed by atoms with Crippen LogP contribution in [-0.4, -0.2) is 24.4 Å². The zero-order valence-corrected chi connectivity index (χ0v) is 10.1. The molecule has 1 aromatic rings. The monoisotopic (exact) mass is 247 g/mol. The van der Waals surface area contributed by atoms with E-state index >= 15 is 0 Å². The van der Waals surface area contributed by atoms with Gasteiger partial charge in [0, 0.05) is 5.56 Å². The SMILES string of the molecule is COC(=O)NC(=S)c1ccsc1SC. The van der Waals surface area contributed by atoms with E-state index in [4.69, 9.17) is 12.2 Å². The summed E-state index contributed by atoms with van der Waals surface area (Å²) in [7, 11) is 1.31. The number of hydrogen-bond acceptors (Lipinski definition) is 5. The van der Waals surface area contributed by atoms with Crippen LogP contribution in [0.25, 0.3) is 0 Å². The minimum absolute atomic E-state index is 0.405. The number of ether oxygens (including phenoxy) is 1. The van der Waals surface area contributed by atoms with Gasteiger partial charge in [-0.1, -0.05) is 12.2 Å². The van der Waals surface area contributed by atoms with Crippen LogP contribution >= 0.6 is 35.3 Å². The van der Waals surface area contributed by atoms with Crippen LogP contribution in [0.3, 0.4) is 0 Å². The Bertz CT molecular complexity index is 348. The number of carbonyl (C=O) groups excluding carboxylic acids is 1. The molecule has 1 rings (SSSR count). The van der Waals surface area contributed by atoms with Crippen molar-refractivity contribution in [3.05, 3.63) is 17.0 Å². The van der Waals surface area contributed by atoms with Gasteiger partial charge in [0.1, 0.15) is 4.99 Å². The predicted octanol–water partition coefficient (Wildman–Crippen LogP) is 2.50. The maximum absolute atomic E-state index is 10.9. The fourth-order valence-electron chi connectivity index (χ4n) is 0.833. The molecule has 76 valence electrons. The van der Waals surface area contributed by atoms with Gasteiger partial charge >= 0.3 is 6.09 Å². The van der Waals surface area contributed by atoms with E-state index < -0.39 is 6.09 Å². The van der Waals surface area contributed by atoms with Crippen molar-refractivity contribution in [3.63, 3.8) is 0 Å². The van der Waals surface area contributed by atoms with Gasteiger partial charge in [0.2, 0.25) is 0 Å².